The maximum atomic E-state index is 12.5. The Hall–Kier alpha value is -1.85. The molecule has 6 heteroatoms. The number of carbonyl (C=O) groups excluding carboxylic acids is 3. The number of rotatable bonds is 3. The molecule has 6 unspecified atom stereocenters. The number of ether oxygens (including phenoxy) is 3. The zero-order valence-electron chi connectivity index (χ0n) is 12.9. The minimum Gasteiger partial charge on any atom is -0.460 e. The van der Waals surface area contributed by atoms with E-state index < -0.39 is 41.6 Å². The van der Waals surface area contributed by atoms with E-state index in [-0.39, 0.29) is 17.8 Å². The van der Waals surface area contributed by atoms with Crippen molar-refractivity contribution in [1.29, 1.82) is 0 Å². The Bertz CT molecular complexity index is 545. The summed E-state index contributed by atoms with van der Waals surface area (Å²) < 4.78 is 16.1. The fraction of sp³-hybridized carbons (Fsp3) is 0.688. The predicted octanol–water partition coefficient (Wildman–Crippen LogP) is 1.23. The molecule has 0 aromatic rings. The summed E-state index contributed by atoms with van der Waals surface area (Å²) in [6, 6.07) is 0. The van der Waals surface area contributed by atoms with Crippen LogP contribution in [-0.2, 0) is 28.6 Å². The van der Waals surface area contributed by atoms with Crippen molar-refractivity contribution in [2.24, 2.45) is 23.7 Å². The molecule has 2 bridgehead atoms. The predicted molar refractivity (Wildman–Crippen MR) is 74.4 cm³/mol. The van der Waals surface area contributed by atoms with Gasteiger partial charge in [0.15, 0.2) is 0 Å². The SMILES string of the molecule is C=CC(=O)OC1C2CC3C1OC(=O)C3C2C(=O)OC(C)(C)C. The zero-order chi connectivity index (χ0) is 16.2. The minimum atomic E-state index is -0.631. The van der Waals surface area contributed by atoms with Gasteiger partial charge in [0.25, 0.3) is 0 Å². The van der Waals surface area contributed by atoms with Crippen molar-refractivity contribution in [3.63, 3.8) is 0 Å². The van der Waals surface area contributed by atoms with Crippen LogP contribution in [0.1, 0.15) is 27.2 Å². The van der Waals surface area contributed by atoms with Crippen LogP contribution in [0.25, 0.3) is 0 Å². The van der Waals surface area contributed by atoms with E-state index in [4.69, 9.17) is 14.2 Å². The van der Waals surface area contributed by atoms with E-state index in [2.05, 4.69) is 6.58 Å². The number of hydrogen-bond acceptors (Lipinski definition) is 6. The third-order valence-corrected chi connectivity index (χ3v) is 4.64. The number of fused-ring (bicyclic) bond motifs is 1. The van der Waals surface area contributed by atoms with Gasteiger partial charge in [-0.2, -0.15) is 0 Å². The van der Waals surface area contributed by atoms with Crippen molar-refractivity contribution < 1.29 is 28.6 Å². The van der Waals surface area contributed by atoms with Gasteiger partial charge in [-0.3, -0.25) is 9.59 Å². The summed E-state index contributed by atoms with van der Waals surface area (Å²) >= 11 is 0. The second-order valence-electron chi connectivity index (χ2n) is 7.16. The monoisotopic (exact) mass is 308 g/mol. The largest absolute Gasteiger partial charge is 0.460 e. The van der Waals surface area contributed by atoms with E-state index in [1.165, 1.54) is 0 Å². The summed E-state index contributed by atoms with van der Waals surface area (Å²) in [5, 5.41) is 0. The van der Waals surface area contributed by atoms with Gasteiger partial charge in [0.2, 0.25) is 0 Å². The molecular weight excluding hydrogens is 288 g/mol. The highest BCUT2D eigenvalue weighted by Gasteiger charge is 2.70. The van der Waals surface area contributed by atoms with Crippen molar-refractivity contribution in [2.75, 3.05) is 0 Å². The zero-order valence-corrected chi connectivity index (χ0v) is 12.9. The molecule has 3 aliphatic rings. The maximum Gasteiger partial charge on any atom is 0.330 e. The Balaban J connectivity index is 1.85. The van der Waals surface area contributed by atoms with Crippen molar-refractivity contribution in [3.8, 4) is 0 Å². The minimum absolute atomic E-state index is 0.0716. The third-order valence-electron chi connectivity index (χ3n) is 4.64. The smallest absolute Gasteiger partial charge is 0.330 e. The van der Waals surface area contributed by atoms with Gasteiger partial charge in [0.1, 0.15) is 17.8 Å². The first-order chi connectivity index (χ1) is 10.2. The summed E-state index contributed by atoms with van der Waals surface area (Å²) in [6.45, 7) is 8.71. The van der Waals surface area contributed by atoms with Crippen LogP contribution in [-0.4, -0.2) is 35.7 Å². The fourth-order valence-electron chi connectivity index (χ4n) is 4.02. The molecule has 1 aliphatic heterocycles. The van der Waals surface area contributed by atoms with E-state index in [0.29, 0.717) is 6.42 Å². The molecule has 2 saturated carbocycles. The van der Waals surface area contributed by atoms with Crippen molar-refractivity contribution in [3.05, 3.63) is 12.7 Å². The van der Waals surface area contributed by atoms with E-state index in [9.17, 15) is 14.4 Å². The molecule has 0 N–H and O–H groups in total. The average molecular weight is 308 g/mol. The van der Waals surface area contributed by atoms with Gasteiger partial charge in [-0.05, 0) is 27.2 Å². The molecule has 120 valence electrons. The highest BCUT2D eigenvalue weighted by molar-refractivity contribution is 5.87. The molecule has 22 heavy (non-hydrogen) atoms. The molecular formula is C16H20O6. The van der Waals surface area contributed by atoms with Gasteiger partial charge < -0.3 is 14.2 Å². The number of carbonyl (C=O) groups is 3. The molecule has 1 saturated heterocycles. The van der Waals surface area contributed by atoms with Crippen molar-refractivity contribution >= 4 is 17.9 Å². The first-order valence-electron chi connectivity index (χ1n) is 7.49. The molecule has 3 fully saturated rings. The first-order valence-corrected chi connectivity index (χ1v) is 7.49. The third kappa shape index (κ3) is 2.21. The number of esters is 3. The maximum absolute atomic E-state index is 12.5. The lowest BCUT2D eigenvalue weighted by atomic mass is 9.78. The van der Waals surface area contributed by atoms with Crippen LogP contribution in [0.15, 0.2) is 12.7 Å². The van der Waals surface area contributed by atoms with E-state index in [1.807, 2.05) is 0 Å². The molecule has 0 amide bonds. The van der Waals surface area contributed by atoms with Gasteiger partial charge >= 0.3 is 17.9 Å². The van der Waals surface area contributed by atoms with Crippen LogP contribution in [0.3, 0.4) is 0 Å². The highest BCUT2D eigenvalue weighted by Crippen LogP contribution is 2.59. The summed E-state index contributed by atoms with van der Waals surface area (Å²) in [5.41, 5.74) is -0.631. The Labute approximate surface area is 128 Å². The Morgan fingerprint density at radius 1 is 1.32 bits per heavy atom. The van der Waals surface area contributed by atoms with Crippen LogP contribution >= 0.6 is 0 Å². The summed E-state index contributed by atoms with van der Waals surface area (Å²) in [6.07, 6.45) is 0.684. The molecule has 3 rings (SSSR count). The lowest BCUT2D eigenvalue weighted by Gasteiger charge is -2.31. The summed E-state index contributed by atoms with van der Waals surface area (Å²) in [5.74, 6) is -2.74. The molecule has 6 atom stereocenters. The lowest BCUT2D eigenvalue weighted by Crippen LogP contribution is -2.44. The van der Waals surface area contributed by atoms with Crippen LogP contribution in [0.2, 0.25) is 0 Å². The van der Waals surface area contributed by atoms with Crippen LogP contribution in [0.5, 0.6) is 0 Å². The molecule has 1 heterocycles. The molecule has 0 spiro atoms. The molecule has 6 nitrogen and oxygen atoms in total. The van der Waals surface area contributed by atoms with Gasteiger partial charge in [-0.15, -0.1) is 0 Å². The van der Waals surface area contributed by atoms with Crippen LogP contribution < -0.4 is 0 Å². The van der Waals surface area contributed by atoms with Crippen molar-refractivity contribution in [1.82, 2.24) is 0 Å². The standard InChI is InChI=1S/C16H20O6/c1-5-9(17)20-12-8-6-7-10(14(18)21-13(7)12)11(8)15(19)22-16(2,3)4/h5,7-8,10-13H,1,6H2,2-4H3. The number of hydrogen-bond donors (Lipinski definition) is 0. The normalized spacial score (nSPS) is 38.6. The van der Waals surface area contributed by atoms with Crippen LogP contribution in [0.4, 0.5) is 0 Å². The quantitative estimate of drug-likeness (QED) is 0.443. The summed E-state index contributed by atoms with van der Waals surface area (Å²) in [4.78, 5) is 36.1. The van der Waals surface area contributed by atoms with Gasteiger partial charge in [0.05, 0.1) is 11.8 Å². The van der Waals surface area contributed by atoms with Gasteiger partial charge in [-0.25, -0.2) is 4.79 Å². The summed E-state index contributed by atoms with van der Waals surface area (Å²) in [7, 11) is 0. The van der Waals surface area contributed by atoms with E-state index in [1.54, 1.807) is 20.8 Å². The highest BCUT2D eigenvalue weighted by atomic mass is 16.6. The second-order valence-corrected chi connectivity index (χ2v) is 7.16. The average Bonchev–Trinajstić information content (AvgIpc) is 2.99. The molecule has 0 radical (unpaired) electrons. The van der Waals surface area contributed by atoms with Gasteiger partial charge in [0, 0.05) is 17.9 Å². The van der Waals surface area contributed by atoms with Crippen LogP contribution in [0, 0.1) is 23.7 Å². The van der Waals surface area contributed by atoms with E-state index >= 15 is 0 Å². The molecule has 2 aliphatic carbocycles. The lowest BCUT2D eigenvalue weighted by molar-refractivity contribution is -0.169. The Morgan fingerprint density at radius 2 is 2.00 bits per heavy atom. The first kappa shape index (κ1) is 15.1. The van der Waals surface area contributed by atoms with Gasteiger partial charge in [-0.1, -0.05) is 6.58 Å². The van der Waals surface area contributed by atoms with E-state index in [0.717, 1.165) is 6.08 Å². The second kappa shape index (κ2) is 4.83. The Morgan fingerprint density at radius 3 is 2.59 bits per heavy atom. The molecule has 0 aromatic heterocycles. The Kier molecular flexibility index (Phi) is 3.30. The topological polar surface area (TPSA) is 78.9 Å². The van der Waals surface area contributed by atoms with Crippen molar-refractivity contribution in [2.45, 2.75) is 45.0 Å². The molecule has 0 aromatic carbocycles. The fourth-order valence-corrected chi connectivity index (χ4v) is 4.02.